The molecule has 0 aliphatic carbocycles. The van der Waals surface area contributed by atoms with Crippen LogP contribution in [0.1, 0.15) is 0 Å². The Labute approximate surface area is 202 Å². The molecule has 1 aliphatic heterocycles. The van der Waals surface area contributed by atoms with Crippen molar-refractivity contribution >= 4 is 29.8 Å². The largest absolute Gasteiger partial charge is 0.480 e. The average Bonchev–Trinajstić information content (AvgIpc) is 2.71. The summed E-state index contributed by atoms with van der Waals surface area (Å²) in [4.78, 5) is 64.1. The van der Waals surface area contributed by atoms with Gasteiger partial charge >= 0.3 is 29.8 Å². The van der Waals surface area contributed by atoms with E-state index in [-0.39, 0.29) is 52.4 Å². The van der Waals surface area contributed by atoms with Crippen LogP contribution in [0.15, 0.2) is 0 Å². The second kappa shape index (κ2) is 15.9. The molecule has 35 heavy (non-hydrogen) atoms. The zero-order valence-corrected chi connectivity index (χ0v) is 19.6. The van der Waals surface area contributed by atoms with Gasteiger partial charge in [-0.1, -0.05) is 0 Å². The van der Waals surface area contributed by atoms with Gasteiger partial charge in [-0.25, -0.2) is 0 Å². The molecule has 0 aromatic carbocycles. The lowest BCUT2D eigenvalue weighted by molar-refractivity contribution is -0.142. The first-order valence-electron chi connectivity index (χ1n) is 11.1. The van der Waals surface area contributed by atoms with Crippen LogP contribution in [0.2, 0.25) is 0 Å². The van der Waals surface area contributed by atoms with Crippen LogP contribution in [-0.2, 0) is 24.0 Å². The molecule has 0 aromatic heterocycles. The Morgan fingerprint density at radius 3 is 1.03 bits per heavy atom. The topological polar surface area (TPSA) is 203 Å². The van der Waals surface area contributed by atoms with Gasteiger partial charge in [0, 0.05) is 65.4 Å². The fourth-order valence-electron chi connectivity index (χ4n) is 3.73. The summed E-state index contributed by atoms with van der Waals surface area (Å²) >= 11 is 0. The monoisotopic (exact) mass is 505 g/mol. The molecule has 200 valence electrons. The quantitative estimate of drug-likeness (QED) is 0.169. The van der Waals surface area contributed by atoms with Crippen molar-refractivity contribution in [1.82, 2.24) is 24.5 Å². The Morgan fingerprint density at radius 1 is 0.486 bits per heavy atom. The van der Waals surface area contributed by atoms with E-state index in [0.29, 0.717) is 32.7 Å². The maximum atomic E-state index is 11.3. The minimum Gasteiger partial charge on any atom is -0.480 e. The minimum absolute atomic E-state index is 0.142. The molecule has 1 saturated heterocycles. The van der Waals surface area contributed by atoms with Gasteiger partial charge in [0.05, 0.1) is 32.7 Å². The van der Waals surface area contributed by atoms with Crippen LogP contribution in [0.5, 0.6) is 0 Å². The van der Waals surface area contributed by atoms with E-state index in [2.05, 4.69) is 0 Å². The molecule has 1 aliphatic rings. The van der Waals surface area contributed by atoms with Crippen LogP contribution in [0.4, 0.5) is 0 Å². The van der Waals surface area contributed by atoms with Crippen molar-refractivity contribution < 1.29 is 49.5 Å². The maximum Gasteiger partial charge on any atom is 0.317 e. The number of rotatable bonds is 13. The predicted molar refractivity (Wildman–Crippen MR) is 120 cm³/mol. The van der Waals surface area contributed by atoms with E-state index in [9.17, 15) is 39.3 Å². The molecule has 15 nitrogen and oxygen atoms in total. The Balaban J connectivity index is 2.97. The van der Waals surface area contributed by atoms with Crippen LogP contribution in [0, 0.1) is 0 Å². The molecule has 5 N–H and O–H groups in total. The fraction of sp³-hybridized carbons (Fsp3) is 0.750. The molecular weight excluding hydrogens is 470 g/mol. The summed E-state index contributed by atoms with van der Waals surface area (Å²) in [5.74, 6) is -5.42. The van der Waals surface area contributed by atoms with Gasteiger partial charge in [0.15, 0.2) is 0 Å². The van der Waals surface area contributed by atoms with E-state index in [1.165, 1.54) is 4.90 Å². The van der Waals surface area contributed by atoms with Gasteiger partial charge in [-0.2, -0.15) is 0 Å². The van der Waals surface area contributed by atoms with Crippen molar-refractivity contribution in [3.05, 3.63) is 0 Å². The highest BCUT2D eigenvalue weighted by Gasteiger charge is 2.21. The third kappa shape index (κ3) is 14.9. The van der Waals surface area contributed by atoms with Crippen LogP contribution in [0.25, 0.3) is 0 Å². The maximum absolute atomic E-state index is 11.3. The van der Waals surface area contributed by atoms with Gasteiger partial charge < -0.3 is 25.5 Å². The van der Waals surface area contributed by atoms with Gasteiger partial charge in [-0.3, -0.25) is 48.5 Å². The molecule has 1 rings (SSSR count). The van der Waals surface area contributed by atoms with E-state index in [0.717, 1.165) is 0 Å². The van der Waals surface area contributed by atoms with Crippen molar-refractivity contribution in [2.24, 2.45) is 0 Å². The number of carboxylic acids is 5. The van der Waals surface area contributed by atoms with Crippen LogP contribution < -0.4 is 0 Å². The first kappa shape index (κ1) is 30.2. The number of carbonyl (C=O) groups is 5. The standard InChI is InChI=1S/C20H35N5O10/c26-16(27)11-22-4-1-21(3-10-25(14-19(32)33)15-20(34)35)2-5-23(12-17(28)29)7-9-24(8-6-22)13-18(30)31/h1-15H2,(H,26,27)(H,28,29)(H,30,31)(H,32,33)(H,34,35). The highest BCUT2D eigenvalue weighted by Crippen LogP contribution is 2.02. The first-order chi connectivity index (χ1) is 16.4. The van der Waals surface area contributed by atoms with E-state index >= 15 is 0 Å². The molecule has 0 atom stereocenters. The minimum atomic E-state index is -1.16. The average molecular weight is 506 g/mol. The van der Waals surface area contributed by atoms with Gasteiger partial charge in [0.25, 0.3) is 0 Å². The number of aliphatic carboxylic acids is 5. The van der Waals surface area contributed by atoms with Gasteiger partial charge in [-0.05, 0) is 0 Å². The second-order valence-electron chi connectivity index (χ2n) is 8.35. The molecule has 0 spiro atoms. The summed E-state index contributed by atoms with van der Waals surface area (Å²) in [6, 6.07) is 0. The first-order valence-corrected chi connectivity index (χ1v) is 11.1. The summed E-state index contributed by atoms with van der Waals surface area (Å²) in [5.41, 5.74) is 0. The summed E-state index contributed by atoms with van der Waals surface area (Å²) < 4.78 is 0. The van der Waals surface area contributed by atoms with E-state index in [4.69, 9.17) is 10.2 Å². The molecule has 0 unspecified atom stereocenters. The highest BCUT2D eigenvalue weighted by molar-refractivity contribution is 5.72. The van der Waals surface area contributed by atoms with Gasteiger partial charge in [-0.15, -0.1) is 0 Å². The summed E-state index contributed by atoms with van der Waals surface area (Å²) in [5, 5.41) is 45.8. The lowest BCUT2D eigenvalue weighted by Gasteiger charge is -2.33. The highest BCUT2D eigenvalue weighted by atomic mass is 16.4. The van der Waals surface area contributed by atoms with Crippen LogP contribution >= 0.6 is 0 Å². The fourth-order valence-corrected chi connectivity index (χ4v) is 3.73. The number of carboxylic acid groups (broad SMARTS) is 5. The number of hydrogen-bond acceptors (Lipinski definition) is 10. The zero-order valence-electron chi connectivity index (χ0n) is 19.6. The summed E-state index contributed by atoms with van der Waals surface area (Å²) in [6.07, 6.45) is 0. The molecular formula is C20H35N5O10. The number of nitrogens with zero attached hydrogens (tertiary/aromatic N) is 5. The summed E-state index contributed by atoms with van der Waals surface area (Å²) in [6.45, 7) is 1.34. The van der Waals surface area contributed by atoms with Crippen LogP contribution in [0.3, 0.4) is 0 Å². The molecule has 0 bridgehead atoms. The third-order valence-electron chi connectivity index (χ3n) is 5.46. The molecule has 15 heteroatoms. The van der Waals surface area contributed by atoms with Crippen molar-refractivity contribution in [3.8, 4) is 0 Å². The van der Waals surface area contributed by atoms with E-state index in [1.807, 2.05) is 4.90 Å². The molecule has 0 saturated carbocycles. The van der Waals surface area contributed by atoms with Gasteiger partial charge in [0.2, 0.25) is 0 Å². The Morgan fingerprint density at radius 2 is 0.771 bits per heavy atom. The molecule has 0 amide bonds. The van der Waals surface area contributed by atoms with Crippen molar-refractivity contribution in [2.45, 2.75) is 0 Å². The lowest BCUT2D eigenvalue weighted by Crippen LogP contribution is -2.49. The van der Waals surface area contributed by atoms with E-state index in [1.54, 1.807) is 14.7 Å². The molecule has 1 fully saturated rings. The SMILES string of the molecule is O=C(O)CN1CCN(CCN(CC(=O)O)CC(=O)O)CCN(CC(=O)O)CCN(CC(=O)O)CC1. The smallest absolute Gasteiger partial charge is 0.317 e. The molecule has 1 heterocycles. The third-order valence-corrected chi connectivity index (χ3v) is 5.46. The lowest BCUT2D eigenvalue weighted by atomic mass is 10.3. The number of hydrogen-bond donors (Lipinski definition) is 5. The van der Waals surface area contributed by atoms with Crippen molar-refractivity contribution in [3.63, 3.8) is 0 Å². The Bertz CT molecular complexity index is 689. The normalized spacial score (nSPS) is 18.0. The van der Waals surface area contributed by atoms with Crippen molar-refractivity contribution in [1.29, 1.82) is 0 Å². The van der Waals surface area contributed by atoms with Gasteiger partial charge in [0.1, 0.15) is 0 Å². The zero-order chi connectivity index (χ0) is 26.4. The Hall–Kier alpha value is -2.85. The van der Waals surface area contributed by atoms with E-state index < -0.39 is 42.9 Å². The van der Waals surface area contributed by atoms with Crippen molar-refractivity contribution in [2.75, 3.05) is 98.2 Å². The summed E-state index contributed by atoms with van der Waals surface area (Å²) in [7, 11) is 0. The molecule has 0 aromatic rings. The van der Waals surface area contributed by atoms with Crippen LogP contribution in [-0.4, -0.2) is 178 Å². The molecule has 0 radical (unpaired) electrons. The second-order valence-corrected chi connectivity index (χ2v) is 8.35. The Kier molecular flexibility index (Phi) is 13.7. The predicted octanol–water partition coefficient (Wildman–Crippen LogP) is -3.07.